The second-order valence-corrected chi connectivity index (χ2v) is 5.31. The predicted octanol–water partition coefficient (Wildman–Crippen LogP) is 3.70. The van der Waals surface area contributed by atoms with E-state index in [2.05, 4.69) is 23.5 Å². The summed E-state index contributed by atoms with van der Waals surface area (Å²) in [5.41, 5.74) is 2.37. The minimum absolute atomic E-state index is 0.336. The summed E-state index contributed by atoms with van der Waals surface area (Å²) in [4.78, 5) is 0. The molecule has 1 N–H and O–H groups in total. The van der Waals surface area contributed by atoms with Gasteiger partial charge in [-0.1, -0.05) is 30.3 Å². The molecule has 0 aromatic heterocycles. The maximum Gasteiger partial charge on any atom is 0.124 e. The number of nitrogens with one attached hydrogen (secondary N) is 1. The molecule has 1 unspecified atom stereocenters. The second kappa shape index (κ2) is 6.64. The van der Waals surface area contributed by atoms with Gasteiger partial charge in [0.25, 0.3) is 0 Å². The fraction of sp³-hybridized carbons (Fsp3) is 0.333. The van der Waals surface area contributed by atoms with Crippen molar-refractivity contribution in [1.82, 2.24) is 5.32 Å². The number of hydrogen-bond donors (Lipinski definition) is 1. The molecule has 1 aliphatic rings. The van der Waals surface area contributed by atoms with Crippen molar-refractivity contribution in [1.29, 1.82) is 0 Å². The maximum atomic E-state index is 5.91. The third-order valence-electron chi connectivity index (χ3n) is 3.85. The molecule has 3 rings (SSSR count). The normalized spacial score (nSPS) is 17.5. The molecule has 21 heavy (non-hydrogen) atoms. The summed E-state index contributed by atoms with van der Waals surface area (Å²) in [5, 5.41) is 3.37. The lowest BCUT2D eigenvalue weighted by Crippen LogP contribution is -2.15. The zero-order chi connectivity index (χ0) is 14.5. The molecule has 0 bridgehead atoms. The molecule has 3 heteroatoms. The Balaban J connectivity index is 1.76. The van der Waals surface area contributed by atoms with Gasteiger partial charge >= 0.3 is 0 Å². The fourth-order valence-corrected chi connectivity index (χ4v) is 2.69. The van der Waals surface area contributed by atoms with Crippen LogP contribution in [0.2, 0.25) is 0 Å². The van der Waals surface area contributed by atoms with Crippen LogP contribution in [0.5, 0.6) is 11.5 Å². The summed E-state index contributed by atoms with van der Waals surface area (Å²) in [6.45, 7) is 1.38. The smallest absolute Gasteiger partial charge is 0.124 e. The van der Waals surface area contributed by atoms with Gasteiger partial charge in [0.2, 0.25) is 0 Å². The van der Waals surface area contributed by atoms with Crippen LogP contribution in [-0.4, -0.2) is 13.7 Å². The van der Waals surface area contributed by atoms with Gasteiger partial charge in [0, 0.05) is 11.6 Å². The van der Waals surface area contributed by atoms with Crippen LogP contribution in [0.3, 0.4) is 0 Å². The Labute approximate surface area is 125 Å². The fourth-order valence-electron chi connectivity index (χ4n) is 2.69. The Kier molecular flexibility index (Phi) is 4.41. The monoisotopic (exact) mass is 283 g/mol. The molecule has 0 aliphatic carbocycles. The lowest BCUT2D eigenvalue weighted by atomic mass is 10.0. The number of ether oxygens (including phenoxy) is 2. The SMILES string of the molecule is CNC1CCCOc2ccc(OCc3ccccc3)cc21. The molecule has 2 aromatic rings. The lowest BCUT2D eigenvalue weighted by molar-refractivity contribution is 0.302. The third-order valence-corrected chi connectivity index (χ3v) is 3.85. The van der Waals surface area contributed by atoms with Crippen molar-refractivity contribution >= 4 is 0 Å². The van der Waals surface area contributed by atoms with Crippen molar-refractivity contribution < 1.29 is 9.47 Å². The molecule has 2 aromatic carbocycles. The van der Waals surface area contributed by atoms with E-state index in [4.69, 9.17) is 9.47 Å². The van der Waals surface area contributed by atoms with Gasteiger partial charge in [-0.05, 0) is 43.7 Å². The van der Waals surface area contributed by atoms with Crippen LogP contribution < -0.4 is 14.8 Å². The summed E-state index contributed by atoms with van der Waals surface area (Å²) >= 11 is 0. The highest BCUT2D eigenvalue weighted by atomic mass is 16.5. The molecular weight excluding hydrogens is 262 g/mol. The third kappa shape index (κ3) is 3.37. The minimum Gasteiger partial charge on any atom is -0.493 e. The van der Waals surface area contributed by atoms with Crippen molar-refractivity contribution in [2.24, 2.45) is 0 Å². The van der Waals surface area contributed by atoms with Gasteiger partial charge < -0.3 is 14.8 Å². The molecule has 0 fully saturated rings. The van der Waals surface area contributed by atoms with Gasteiger partial charge in [0.05, 0.1) is 6.61 Å². The Hall–Kier alpha value is -2.00. The standard InChI is InChI=1S/C18H21NO2/c1-19-17-8-5-11-20-18-10-9-15(12-16(17)18)21-13-14-6-3-2-4-7-14/h2-4,6-7,9-10,12,17,19H,5,8,11,13H2,1H3. The highest BCUT2D eigenvalue weighted by molar-refractivity contribution is 5.43. The average Bonchev–Trinajstić information content (AvgIpc) is 2.75. The van der Waals surface area contributed by atoms with Gasteiger partial charge in [-0.3, -0.25) is 0 Å². The molecule has 0 radical (unpaired) electrons. The molecule has 3 nitrogen and oxygen atoms in total. The minimum atomic E-state index is 0.336. The molecule has 110 valence electrons. The molecular formula is C18H21NO2. The van der Waals surface area contributed by atoms with Crippen LogP contribution in [-0.2, 0) is 6.61 Å². The van der Waals surface area contributed by atoms with E-state index in [-0.39, 0.29) is 0 Å². The lowest BCUT2D eigenvalue weighted by Gasteiger charge is -2.17. The summed E-state index contributed by atoms with van der Waals surface area (Å²) in [6.07, 6.45) is 2.16. The van der Waals surface area contributed by atoms with Crippen molar-refractivity contribution in [2.75, 3.05) is 13.7 Å². The van der Waals surface area contributed by atoms with Crippen molar-refractivity contribution in [3.05, 3.63) is 59.7 Å². The van der Waals surface area contributed by atoms with Crippen LogP contribution in [0.25, 0.3) is 0 Å². The molecule has 1 aliphatic heterocycles. The van der Waals surface area contributed by atoms with E-state index in [1.807, 2.05) is 37.4 Å². The molecule has 0 amide bonds. The zero-order valence-electron chi connectivity index (χ0n) is 12.3. The van der Waals surface area contributed by atoms with Crippen LogP contribution in [0.15, 0.2) is 48.5 Å². The number of benzene rings is 2. The van der Waals surface area contributed by atoms with Gasteiger partial charge in [-0.2, -0.15) is 0 Å². The Morgan fingerprint density at radius 3 is 2.86 bits per heavy atom. The number of rotatable bonds is 4. The number of hydrogen-bond acceptors (Lipinski definition) is 3. The first-order valence-electron chi connectivity index (χ1n) is 7.47. The summed E-state index contributed by atoms with van der Waals surface area (Å²) in [6, 6.07) is 16.7. The van der Waals surface area contributed by atoms with E-state index in [1.165, 1.54) is 11.1 Å². The van der Waals surface area contributed by atoms with Crippen LogP contribution in [0.1, 0.15) is 30.0 Å². The molecule has 1 heterocycles. The Morgan fingerprint density at radius 1 is 1.19 bits per heavy atom. The topological polar surface area (TPSA) is 30.5 Å². The second-order valence-electron chi connectivity index (χ2n) is 5.31. The predicted molar refractivity (Wildman–Crippen MR) is 83.7 cm³/mol. The van der Waals surface area contributed by atoms with Crippen LogP contribution in [0.4, 0.5) is 0 Å². The van der Waals surface area contributed by atoms with Crippen molar-refractivity contribution in [3.63, 3.8) is 0 Å². The maximum absolute atomic E-state index is 5.91. The van der Waals surface area contributed by atoms with Crippen molar-refractivity contribution in [2.45, 2.75) is 25.5 Å². The van der Waals surface area contributed by atoms with Gasteiger partial charge in [0.15, 0.2) is 0 Å². The van der Waals surface area contributed by atoms with E-state index >= 15 is 0 Å². The summed E-state index contributed by atoms with van der Waals surface area (Å²) in [7, 11) is 2.00. The molecule has 0 spiro atoms. The van der Waals surface area contributed by atoms with E-state index in [1.54, 1.807) is 0 Å². The van der Waals surface area contributed by atoms with E-state index in [0.717, 1.165) is 30.9 Å². The molecule has 0 saturated carbocycles. The van der Waals surface area contributed by atoms with Gasteiger partial charge in [0.1, 0.15) is 18.1 Å². The molecule has 1 atom stereocenters. The number of fused-ring (bicyclic) bond motifs is 1. The molecule has 0 saturated heterocycles. The first-order chi connectivity index (χ1) is 10.4. The first kappa shape index (κ1) is 14.0. The van der Waals surface area contributed by atoms with E-state index in [9.17, 15) is 0 Å². The van der Waals surface area contributed by atoms with Gasteiger partial charge in [-0.25, -0.2) is 0 Å². The Morgan fingerprint density at radius 2 is 2.05 bits per heavy atom. The summed E-state index contributed by atoms with van der Waals surface area (Å²) < 4.78 is 11.7. The quantitative estimate of drug-likeness (QED) is 0.928. The Bertz CT molecular complexity index is 583. The highest BCUT2D eigenvalue weighted by Gasteiger charge is 2.18. The van der Waals surface area contributed by atoms with E-state index < -0.39 is 0 Å². The first-order valence-corrected chi connectivity index (χ1v) is 7.47. The van der Waals surface area contributed by atoms with E-state index in [0.29, 0.717) is 12.6 Å². The van der Waals surface area contributed by atoms with Crippen molar-refractivity contribution in [3.8, 4) is 11.5 Å². The largest absolute Gasteiger partial charge is 0.493 e. The van der Waals surface area contributed by atoms with Crippen LogP contribution in [0, 0.1) is 0 Å². The zero-order valence-corrected chi connectivity index (χ0v) is 12.3. The average molecular weight is 283 g/mol. The summed E-state index contributed by atoms with van der Waals surface area (Å²) in [5.74, 6) is 1.86. The van der Waals surface area contributed by atoms with Gasteiger partial charge in [-0.15, -0.1) is 0 Å². The van der Waals surface area contributed by atoms with Crippen LogP contribution >= 0.6 is 0 Å². The highest BCUT2D eigenvalue weighted by Crippen LogP contribution is 2.34.